The topological polar surface area (TPSA) is 99.9 Å². The summed E-state index contributed by atoms with van der Waals surface area (Å²) in [6.07, 6.45) is 3.93. The lowest BCUT2D eigenvalue weighted by molar-refractivity contribution is 0.112. The van der Waals surface area contributed by atoms with Crippen LogP contribution in [0, 0.1) is 0 Å². The third kappa shape index (κ3) is 3.10. The van der Waals surface area contributed by atoms with Crippen LogP contribution in [0.4, 0.5) is 0 Å². The second-order valence-electron chi connectivity index (χ2n) is 5.35. The SMILES string of the molecule is COc1cc(/C=C/c2ccc3ccc(C=O)c(O)c3n2)cc(O)c1O. The quantitative estimate of drug-likeness (QED) is 0.499. The number of pyridine rings is 1. The standard InChI is InChI=1S/C19H15NO5/c1-25-16-9-11(8-15(22)19(16)24)2-6-14-7-5-12-3-4-13(10-21)18(23)17(12)20-14/h2-10,22-24H,1H3/b6-2+. The summed E-state index contributed by atoms with van der Waals surface area (Å²) in [6, 6.07) is 9.74. The molecule has 3 N–H and O–H groups in total. The van der Waals surface area contributed by atoms with E-state index in [0.29, 0.717) is 28.4 Å². The number of phenols is 3. The number of carbonyl (C=O) groups excluding carboxylic acids is 1. The van der Waals surface area contributed by atoms with E-state index in [9.17, 15) is 20.1 Å². The monoisotopic (exact) mass is 337 g/mol. The molecule has 6 nitrogen and oxygen atoms in total. The predicted molar refractivity (Wildman–Crippen MR) is 94.0 cm³/mol. The fraction of sp³-hybridized carbons (Fsp3) is 0.0526. The third-order valence-corrected chi connectivity index (χ3v) is 3.76. The van der Waals surface area contributed by atoms with Crippen LogP contribution < -0.4 is 4.74 Å². The van der Waals surface area contributed by atoms with Crippen LogP contribution in [0.5, 0.6) is 23.0 Å². The molecule has 6 heteroatoms. The number of hydrogen-bond donors (Lipinski definition) is 3. The number of carbonyl (C=O) groups is 1. The number of methoxy groups -OCH3 is 1. The first kappa shape index (κ1) is 16.3. The number of nitrogens with zero attached hydrogens (tertiary/aromatic N) is 1. The van der Waals surface area contributed by atoms with Gasteiger partial charge in [-0.1, -0.05) is 18.2 Å². The van der Waals surface area contributed by atoms with Gasteiger partial charge in [-0.3, -0.25) is 4.79 Å². The Morgan fingerprint density at radius 1 is 1.00 bits per heavy atom. The van der Waals surface area contributed by atoms with Crippen LogP contribution in [-0.2, 0) is 0 Å². The van der Waals surface area contributed by atoms with Gasteiger partial charge in [0.25, 0.3) is 0 Å². The van der Waals surface area contributed by atoms with Gasteiger partial charge in [-0.2, -0.15) is 0 Å². The largest absolute Gasteiger partial charge is 0.505 e. The third-order valence-electron chi connectivity index (χ3n) is 3.76. The van der Waals surface area contributed by atoms with E-state index in [4.69, 9.17) is 4.74 Å². The summed E-state index contributed by atoms with van der Waals surface area (Å²) in [5.41, 5.74) is 1.66. The second-order valence-corrected chi connectivity index (χ2v) is 5.35. The molecule has 0 bridgehead atoms. The van der Waals surface area contributed by atoms with Gasteiger partial charge in [0.05, 0.1) is 18.4 Å². The number of aldehydes is 1. The Balaban J connectivity index is 2.00. The maximum atomic E-state index is 10.9. The predicted octanol–water partition coefficient (Wildman–Crippen LogP) is 3.34. The second kappa shape index (κ2) is 6.52. The Hall–Kier alpha value is -3.54. The van der Waals surface area contributed by atoms with Crippen molar-refractivity contribution < 1.29 is 24.9 Å². The minimum absolute atomic E-state index is 0.152. The fourth-order valence-electron chi connectivity index (χ4n) is 2.44. The first-order chi connectivity index (χ1) is 12.0. The molecule has 0 saturated heterocycles. The van der Waals surface area contributed by atoms with Gasteiger partial charge in [0.2, 0.25) is 5.75 Å². The van der Waals surface area contributed by atoms with Gasteiger partial charge in [0.15, 0.2) is 23.5 Å². The van der Waals surface area contributed by atoms with Crippen LogP contribution in [-0.4, -0.2) is 33.7 Å². The Morgan fingerprint density at radius 2 is 1.76 bits per heavy atom. The average molecular weight is 337 g/mol. The van der Waals surface area contributed by atoms with Gasteiger partial charge in [0.1, 0.15) is 5.52 Å². The molecule has 0 unspecified atom stereocenters. The zero-order valence-corrected chi connectivity index (χ0v) is 13.3. The molecule has 0 fully saturated rings. The molecule has 126 valence electrons. The number of aromatic hydroxyl groups is 3. The van der Waals surface area contributed by atoms with E-state index in [0.717, 1.165) is 0 Å². The van der Waals surface area contributed by atoms with E-state index in [2.05, 4.69) is 4.98 Å². The number of fused-ring (bicyclic) bond motifs is 1. The number of ether oxygens (including phenoxy) is 1. The summed E-state index contributed by atoms with van der Waals surface area (Å²) in [7, 11) is 1.39. The van der Waals surface area contributed by atoms with Crippen molar-refractivity contribution in [2.75, 3.05) is 7.11 Å². The van der Waals surface area contributed by atoms with Gasteiger partial charge < -0.3 is 20.1 Å². The molecule has 3 aromatic rings. The summed E-state index contributed by atoms with van der Waals surface area (Å²) < 4.78 is 4.99. The number of rotatable bonds is 4. The molecule has 1 heterocycles. The molecule has 0 atom stereocenters. The highest BCUT2D eigenvalue weighted by molar-refractivity contribution is 5.94. The molecule has 25 heavy (non-hydrogen) atoms. The Bertz CT molecular complexity index is 995. The van der Waals surface area contributed by atoms with Gasteiger partial charge >= 0.3 is 0 Å². The molecule has 0 aliphatic rings. The molecule has 0 aliphatic carbocycles. The van der Waals surface area contributed by atoms with Crippen molar-refractivity contribution in [3.05, 3.63) is 53.2 Å². The van der Waals surface area contributed by atoms with E-state index in [1.165, 1.54) is 19.2 Å². The lowest BCUT2D eigenvalue weighted by atomic mass is 10.1. The minimum Gasteiger partial charge on any atom is -0.505 e. The Kier molecular flexibility index (Phi) is 4.26. The highest BCUT2D eigenvalue weighted by Gasteiger charge is 2.09. The fourth-order valence-corrected chi connectivity index (χ4v) is 2.44. The van der Waals surface area contributed by atoms with Gasteiger partial charge in [-0.25, -0.2) is 4.98 Å². The zero-order valence-electron chi connectivity index (χ0n) is 13.3. The Labute approximate surface area is 143 Å². The van der Waals surface area contributed by atoms with Crippen molar-refractivity contribution in [1.82, 2.24) is 4.98 Å². The molecule has 0 aliphatic heterocycles. The van der Waals surface area contributed by atoms with E-state index in [1.807, 2.05) is 0 Å². The summed E-state index contributed by atoms with van der Waals surface area (Å²) in [5, 5.41) is 30.1. The normalized spacial score (nSPS) is 11.1. The first-order valence-electron chi connectivity index (χ1n) is 7.39. The van der Waals surface area contributed by atoms with E-state index >= 15 is 0 Å². The molecule has 0 saturated carbocycles. The maximum Gasteiger partial charge on any atom is 0.200 e. The summed E-state index contributed by atoms with van der Waals surface area (Å²) >= 11 is 0. The van der Waals surface area contributed by atoms with E-state index < -0.39 is 0 Å². The number of benzene rings is 2. The number of phenolic OH excluding ortho intramolecular Hbond substituents is 3. The van der Waals surface area contributed by atoms with Crippen LogP contribution >= 0.6 is 0 Å². The van der Waals surface area contributed by atoms with E-state index in [1.54, 1.807) is 36.4 Å². The first-order valence-corrected chi connectivity index (χ1v) is 7.39. The van der Waals surface area contributed by atoms with Gasteiger partial charge in [0, 0.05) is 5.39 Å². The zero-order chi connectivity index (χ0) is 18.0. The average Bonchev–Trinajstić information content (AvgIpc) is 2.63. The highest BCUT2D eigenvalue weighted by Crippen LogP contribution is 2.36. The Morgan fingerprint density at radius 3 is 2.48 bits per heavy atom. The van der Waals surface area contributed by atoms with Crippen molar-refractivity contribution in [3.63, 3.8) is 0 Å². The van der Waals surface area contributed by atoms with Crippen LogP contribution in [0.15, 0.2) is 36.4 Å². The minimum atomic E-state index is -0.324. The van der Waals surface area contributed by atoms with Gasteiger partial charge in [-0.15, -0.1) is 0 Å². The van der Waals surface area contributed by atoms with Crippen LogP contribution in [0.1, 0.15) is 21.6 Å². The van der Waals surface area contributed by atoms with Crippen molar-refractivity contribution in [1.29, 1.82) is 0 Å². The molecule has 1 aromatic heterocycles. The van der Waals surface area contributed by atoms with Crippen molar-refractivity contribution >= 4 is 29.3 Å². The van der Waals surface area contributed by atoms with Crippen LogP contribution in [0.2, 0.25) is 0 Å². The summed E-state index contributed by atoms with van der Waals surface area (Å²) in [5.74, 6) is -0.625. The summed E-state index contributed by atoms with van der Waals surface area (Å²) in [6.45, 7) is 0. The molecular weight excluding hydrogens is 322 g/mol. The molecule has 2 aromatic carbocycles. The van der Waals surface area contributed by atoms with Crippen molar-refractivity contribution in [2.24, 2.45) is 0 Å². The van der Waals surface area contributed by atoms with Crippen LogP contribution in [0.3, 0.4) is 0 Å². The molecule has 3 rings (SSSR count). The van der Waals surface area contributed by atoms with Crippen molar-refractivity contribution in [3.8, 4) is 23.0 Å². The lowest BCUT2D eigenvalue weighted by Crippen LogP contribution is -1.88. The van der Waals surface area contributed by atoms with Crippen molar-refractivity contribution in [2.45, 2.75) is 0 Å². The maximum absolute atomic E-state index is 10.9. The summed E-state index contributed by atoms with van der Waals surface area (Å²) in [4.78, 5) is 15.3. The number of hydrogen-bond acceptors (Lipinski definition) is 6. The molecule has 0 spiro atoms. The lowest BCUT2D eigenvalue weighted by Gasteiger charge is -2.06. The van der Waals surface area contributed by atoms with Gasteiger partial charge in [-0.05, 0) is 35.9 Å². The molecule has 0 amide bonds. The highest BCUT2D eigenvalue weighted by atomic mass is 16.5. The number of aromatic nitrogens is 1. The molecule has 0 radical (unpaired) electrons. The van der Waals surface area contributed by atoms with E-state index in [-0.39, 0.29) is 28.6 Å². The molecular formula is C19H15NO5. The smallest absolute Gasteiger partial charge is 0.200 e. The van der Waals surface area contributed by atoms with Crippen LogP contribution in [0.25, 0.3) is 23.1 Å².